The minimum atomic E-state index is -0.0666. The highest BCUT2D eigenvalue weighted by molar-refractivity contribution is 9.11. The molecule has 0 spiro atoms. The molecule has 0 radical (unpaired) electrons. The molecule has 5 heteroatoms. The lowest BCUT2D eigenvalue weighted by molar-refractivity contribution is 0.0951. The van der Waals surface area contributed by atoms with Gasteiger partial charge in [-0.1, -0.05) is 31.9 Å². The van der Waals surface area contributed by atoms with Crippen LogP contribution in [0.1, 0.15) is 20.1 Å². The average Bonchev–Trinajstić information content (AvgIpc) is 2.70. The van der Waals surface area contributed by atoms with Gasteiger partial charge in [0.05, 0.1) is 6.54 Å². The van der Waals surface area contributed by atoms with E-state index in [0.717, 1.165) is 13.8 Å². The normalized spacial score (nSPS) is 10.4. The molecule has 0 saturated carbocycles. The molecule has 2 rings (SSSR count). The summed E-state index contributed by atoms with van der Waals surface area (Å²) in [5, 5.41) is 2.91. The van der Waals surface area contributed by atoms with Gasteiger partial charge in [-0.15, -0.1) is 11.3 Å². The van der Waals surface area contributed by atoms with Crippen molar-refractivity contribution >= 4 is 49.1 Å². The molecule has 18 heavy (non-hydrogen) atoms. The van der Waals surface area contributed by atoms with Crippen molar-refractivity contribution in [3.05, 3.63) is 54.6 Å². The summed E-state index contributed by atoms with van der Waals surface area (Å²) in [5.41, 5.74) is 0.643. The van der Waals surface area contributed by atoms with Gasteiger partial charge in [-0.25, -0.2) is 0 Å². The van der Waals surface area contributed by atoms with Gasteiger partial charge in [0, 0.05) is 24.3 Å². The van der Waals surface area contributed by atoms with Gasteiger partial charge >= 0.3 is 0 Å². The van der Waals surface area contributed by atoms with Crippen LogP contribution in [0, 0.1) is 6.92 Å². The smallest absolute Gasteiger partial charge is 0.251 e. The summed E-state index contributed by atoms with van der Waals surface area (Å²) in [6.45, 7) is 2.63. The van der Waals surface area contributed by atoms with Crippen molar-refractivity contribution in [2.45, 2.75) is 13.5 Å². The number of thiophene rings is 1. The first kappa shape index (κ1) is 13.8. The van der Waals surface area contributed by atoms with Crippen LogP contribution in [0.4, 0.5) is 0 Å². The summed E-state index contributed by atoms with van der Waals surface area (Å²) in [6, 6.07) is 9.61. The first-order valence-corrected chi connectivity index (χ1v) is 7.74. The van der Waals surface area contributed by atoms with E-state index in [2.05, 4.69) is 50.2 Å². The highest BCUT2D eigenvalue weighted by Crippen LogP contribution is 2.20. The number of amides is 1. The second-order valence-corrected chi connectivity index (χ2v) is 7.06. The molecule has 1 aromatic heterocycles. The predicted octanol–water partition coefficient (Wildman–Crippen LogP) is 4.51. The van der Waals surface area contributed by atoms with Crippen LogP contribution in [0.3, 0.4) is 0 Å². The summed E-state index contributed by atoms with van der Waals surface area (Å²) < 4.78 is 1.77. The second-order valence-electron chi connectivity index (χ2n) is 3.85. The van der Waals surface area contributed by atoms with E-state index in [1.807, 2.05) is 12.1 Å². The Kier molecular flexibility index (Phi) is 4.59. The van der Waals surface area contributed by atoms with Gasteiger partial charge in [-0.05, 0) is 37.3 Å². The zero-order valence-electron chi connectivity index (χ0n) is 9.67. The molecular weight excluding hydrogens is 378 g/mol. The molecule has 0 saturated heterocycles. The molecule has 1 heterocycles. The summed E-state index contributed by atoms with van der Waals surface area (Å²) >= 11 is 8.44. The van der Waals surface area contributed by atoms with E-state index in [9.17, 15) is 4.79 Å². The van der Waals surface area contributed by atoms with Crippen LogP contribution in [-0.2, 0) is 6.54 Å². The SMILES string of the molecule is Cc1ccc(CNC(=O)c2cc(Br)cc(Br)c2)s1. The fourth-order valence-corrected chi connectivity index (χ4v) is 3.66. The number of carbonyl (C=O) groups is 1. The highest BCUT2D eigenvalue weighted by atomic mass is 79.9. The summed E-state index contributed by atoms with van der Waals surface area (Å²) in [4.78, 5) is 14.4. The Bertz CT molecular complexity index is 560. The topological polar surface area (TPSA) is 29.1 Å². The van der Waals surface area contributed by atoms with Crippen molar-refractivity contribution in [3.8, 4) is 0 Å². The molecule has 1 amide bonds. The van der Waals surface area contributed by atoms with E-state index >= 15 is 0 Å². The number of hydrogen-bond donors (Lipinski definition) is 1. The monoisotopic (exact) mass is 387 g/mol. The molecule has 0 unspecified atom stereocenters. The number of hydrogen-bond acceptors (Lipinski definition) is 2. The number of benzene rings is 1. The van der Waals surface area contributed by atoms with Crippen molar-refractivity contribution < 1.29 is 4.79 Å². The largest absolute Gasteiger partial charge is 0.347 e. The Morgan fingerprint density at radius 2 is 1.89 bits per heavy atom. The van der Waals surface area contributed by atoms with Crippen LogP contribution in [0.15, 0.2) is 39.3 Å². The predicted molar refractivity (Wildman–Crippen MR) is 82.1 cm³/mol. The Morgan fingerprint density at radius 1 is 1.22 bits per heavy atom. The number of rotatable bonds is 3. The first-order chi connectivity index (χ1) is 8.54. The van der Waals surface area contributed by atoms with Crippen molar-refractivity contribution in [2.24, 2.45) is 0 Å². The summed E-state index contributed by atoms with van der Waals surface area (Å²) in [5.74, 6) is -0.0666. The fourth-order valence-electron chi connectivity index (χ4n) is 1.53. The minimum Gasteiger partial charge on any atom is -0.347 e. The van der Waals surface area contributed by atoms with Crippen LogP contribution >= 0.6 is 43.2 Å². The Labute approximate surface area is 127 Å². The molecule has 2 aromatic rings. The van der Waals surface area contributed by atoms with Gasteiger partial charge in [0.25, 0.3) is 5.91 Å². The zero-order chi connectivity index (χ0) is 13.1. The zero-order valence-corrected chi connectivity index (χ0v) is 13.7. The van der Waals surface area contributed by atoms with Crippen molar-refractivity contribution in [2.75, 3.05) is 0 Å². The van der Waals surface area contributed by atoms with Crippen molar-refractivity contribution in [1.29, 1.82) is 0 Å². The lowest BCUT2D eigenvalue weighted by Gasteiger charge is -2.05. The van der Waals surface area contributed by atoms with Crippen LogP contribution in [0.25, 0.3) is 0 Å². The highest BCUT2D eigenvalue weighted by Gasteiger charge is 2.07. The van der Waals surface area contributed by atoms with E-state index in [4.69, 9.17) is 0 Å². The molecule has 0 fully saturated rings. The quantitative estimate of drug-likeness (QED) is 0.823. The lowest BCUT2D eigenvalue weighted by atomic mass is 10.2. The third kappa shape index (κ3) is 3.67. The summed E-state index contributed by atoms with van der Waals surface area (Å²) in [7, 11) is 0. The molecule has 2 nitrogen and oxygen atoms in total. The lowest BCUT2D eigenvalue weighted by Crippen LogP contribution is -2.22. The Balaban J connectivity index is 2.03. The number of carbonyl (C=O) groups excluding carboxylic acids is 1. The fraction of sp³-hybridized carbons (Fsp3) is 0.154. The van der Waals surface area contributed by atoms with Crippen LogP contribution < -0.4 is 5.32 Å². The standard InChI is InChI=1S/C13H11Br2NOS/c1-8-2-3-12(18-8)7-16-13(17)9-4-10(14)6-11(15)5-9/h2-6H,7H2,1H3,(H,16,17). The van der Waals surface area contributed by atoms with E-state index in [0.29, 0.717) is 12.1 Å². The van der Waals surface area contributed by atoms with E-state index < -0.39 is 0 Å². The van der Waals surface area contributed by atoms with Crippen LogP contribution in [0.2, 0.25) is 0 Å². The van der Waals surface area contributed by atoms with Gasteiger partial charge in [-0.3, -0.25) is 4.79 Å². The number of nitrogens with one attached hydrogen (secondary N) is 1. The van der Waals surface area contributed by atoms with Gasteiger partial charge in [0.15, 0.2) is 0 Å². The Morgan fingerprint density at radius 3 is 2.44 bits per heavy atom. The third-order valence-electron chi connectivity index (χ3n) is 2.34. The van der Waals surface area contributed by atoms with Gasteiger partial charge in [0.1, 0.15) is 0 Å². The molecular formula is C13H11Br2NOS. The van der Waals surface area contributed by atoms with Gasteiger partial charge < -0.3 is 5.32 Å². The molecule has 0 bridgehead atoms. The van der Waals surface area contributed by atoms with Crippen molar-refractivity contribution in [1.82, 2.24) is 5.32 Å². The van der Waals surface area contributed by atoms with E-state index in [-0.39, 0.29) is 5.91 Å². The average molecular weight is 389 g/mol. The minimum absolute atomic E-state index is 0.0666. The molecule has 1 aromatic carbocycles. The number of aryl methyl sites for hydroxylation is 1. The van der Waals surface area contributed by atoms with Gasteiger partial charge in [-0.2, -0.15) is 0 Å². The Hall–Kier alpha value is -0.650. The molecule has 0 aliphatic carbocycles. The van der Waals surface area contributed by atoms with Crippen molar-refractivity contribution in [3.63, 3.8) is 0 Å². The molecule has 94 valence electrons. The van der Waals surface area contributed by atoms with E-state index in [1.165, 1.54) is 4.88 Å². The second kappa shape index (κ2) is 5.99. The van der Waals surface area contributed by atoms with Crippen LogP contribution in [-0.4, -0.2) is 5.91 Å². The summed E-state index contributed by atoms with van der Waals surface area (Å²) in [6.07, 6.45) is 0. The first-order valence-electron chi connectivity index (χ1n) is 5.34. The third-order valence-corrected chi connectivity index (χ3v) is 4.26. The number of halogens is 2. The maximum absolute atomic E-state index is 12.0. The maximum atomic E-state index is 12.0. The van der Waals surface area contributed by atoms with Crippen LogP contribution in [0.5, 0.6) is 0 Å². The molecule has 1 N–H and O–H groups in total. The maximum Gasteiger partial charge on any atom is 0.251 e. The van der Waals surface area contributed by atoms with Gasteiger partial charge in [0.2, 0.25) is 0 Å². The molecule has 0 aliphatic heterocycles. The van der Waals surface area contributed by atoms with E-state index in [1.54, 1.807) is 23.5 Å². The molecule has 0 aliphatic rings. The molecule has 0 atom stereocenters.